The summed E-state index contributed by atoms with van der Waals surface area (Å²) in [6.07, 6.45) is 3.14. The lowest BCUT2D eigenvalue weighted by Crippen LogP contribution is -2.48. The van der Waals surface area contributed by atoms with E-state index in [1.165, 1.54) is 0 Å². The largest absolute Gasteiger partial charge is 0.416 e. The van der Waals surface area contributed by atoms with Crippen molar-refractivity contribution in [3.63, 3.8) is 0 Å². The molecular weight excluding hydrogens is 300 g/mol. The second-order valence-corrected chi connectivity index (χ2v) is 13.0. The lowest BCUT2D eigenvalue weighted by molar-refractivity contribution is -0.114. The average molecular weight is 331 g/mol. The van der Waals surface area contributed by atoms with Gasteiger partial charge in [-0.2, -0.15) is 0 Å². The fourth-order valence-corrected chi connectivity index (χ4v) is 9.70. The van der Waals surface area contributed by atoms with Gasteiger partial charge in [0.1, 0.15) is 0 Å². The Morgan fingerprint density at radius 3 is 2.00 bits per heavy atom. The first-order valence-electron chi connectivity index (χ1n) is 8.28. The first-order chi connectivity index (χ1) is 9.73. The van der Waals surface area contributed by atoms with Crippen LogP contribution in [0.4, 0.5) is 0 Å². The standard InChI is InChI=1S/C17H31ClO2Si/c1-12(2)21(13(3)4,14(5)6)20-11-10-16(18)15-8-7-9-17(15)19/h12-14H,7-11H2,1-6H3. The molecule has 0 unspecified atom stereocenters. The van der Waals surface area contributed by atoms with Gasteiger partial charge in [0.25, 0.3) is 0 Å². The number of carbonyl (C=O) groups excluding carboxylic acids is 1. The molecule has 21 heavy (non-hydrogen) atoms. The SMILES string of the molecule is CC(C)[Si](OCCC(Cl)=C1CCCC1=O)(C(C)C)C(C)C. The highest BCUT2D eigenvalue weighted by molar-refractivity contribution is 6.77. The summed E-state index contributed by atoms with van der Waals surface area (Å²) in [6.45, 7) is 14.4. The molecular formula is C17H31ClO2Si. The first kappa shape index (κ1) is 18.9. The third-order valence-electron chi connectivity index (χ3n) is 4.88. The molecule has 0 atom stereocenters. The zero-order valence-electron chi connectivity index (χ0n) is 14.5. The predicted molar refractivity (Wildman–Crippen MR) is 93.4 cm³/mol. The molecule has 0 heterocycles. The molecule has 0 amide bonds. The van der Waals surface area contributed by atoms with Crippen molar-refractivity contribution in [3.8, 4) is 0 Å². The molecule has 0 spiro atoms. The highest BCUT2D eigenvalue weighted by Gasteiger charge is 2.44. The number of hydrogen-bond donors (Lipinski definition) is 0. The number of ketones is 1. The van der Waals surface area contributed by atoms with E-state index >= 15 is 0 Å². The number of halogens is 1. The van der Waals surface area contributed by atoms with Crippen LogP contribution in [0.2, 0.25) is 16.6 Å². The van der Waals surface area contributed by atoms with Crippen molar-refractivity contribution >= 4 is 25.7 Å². The molecule has 0 radical (unpaired) electrons. The van der Waals surface area contributed by atoms with Crippen LogP contribution >= 0.6 is 11.6 Å². The Labute approximate surface area is 136 Å². The summed E-state index contributed by atoms with van der Waals surface area (Å²) in [5.74, 6) is 0.236. The molecule has 0 bridgehead atoms. The quantitative estimate of drug-likeness (QED) is 0.434. The Balaban J connectivity index is 2.73. The second kappa shape index (κ2) is 7.93. The van der Waals surface area contributed by atoms with Gasteiger partial charge in [0.2, 0.25) is 0 Å². The van der Waals surface area contributed by atoms with Gasteiger partial charge in [-0.05, 0) is 29.5 Å². The number of allylic oxidation sites excluding steroid dienone is 1. The maximum Gasteiger partial charge on any atom is 0.200 e. The summed E-state index contributed by atoms with van der Waals surface area (Å²) < 4.78 is 6.49. The maximum atomic E-state index is 11.7. The van der Waals surface area contributed by atoms with Gasteiger partial charge in [-0.15, -0.1) is 0 Å². The van der Waals surface area contributed by atoms with Crippen LogP contribution in [0.25, 0.3) is 0 Å². The highest BCUT2D eigenvalue weighted by atomic mass is 35.5. The van der Waals surface area contributed by atoms with E-state index in [1.807, 2.05) is 0 Å². The molecule has 1 rings (SSSR count). The fraction of sp³-hybridized carbons (Fsp3) is 0.824. The van der Waals surface area contributed by atoms with E-state index in [4.69, 9.17) is 16.0 Å². The van der Waals surface area contributed by atoms with Gasteiger partial charge in [0.15, 0.2) is 14.1 Å². The minimum absolute atomic E-state index is 0.236. The Hall–Kier alpha value is -0.123. The monoisotopic (exact) mass is 330 g/mol. The van der Waals surface area contributed by atoms with E-state index < -0.39 is 8.32 Å². The minimum atomic E-state index is -1.82. The molecule has 0 N–H and O–H groups in total. The molecule has 0 aromatic rings. The van der Waals surface area contributed by atoms with Crippen molar-refractivity contribution < 1.29 is 9.22 Å². The highest BCUT2D eigenvalue weighted by Crippen LogP contribution is 2.42. The van der Waals surface area contributed by atoms with Crippen molar-refractivity contribution in [3.05, 3.63) is 10.6 Å². The number of Topliss-reactive ketones (excluding diaryl/α,β-unsaturated/α-hetero) is 1. The molecule has 1 saturated carbocycles. The van der Waals surface area contributed by atoms with Gasteiger partial charge in [0, 0.05) is 30.1 Å². The molecule has 0 saturated heterocycles. The van der Waals surface area contributed by atoms with Crippen molar-refractivity contribution in [1.29, 1.82) is 0 Å². The molecule has 0 aliphatic heterocycles. The van der Waals surface area contributed by atoms with E-state index in [9.17, 15) is 4.79 Å². The topological polar surface area (TPSA) is 26.3 Å². The van der Waals surface area contributed by atoms with Gasteiger partial charge in [-0.1, -0.05) is 53.1 Å². The van der Waals surface area contributed by atoms with Crippen molar-refractivity contribution in [2.24, 2.45) is 0 Å². The predicted octanol–water partition coefficient (Wildman–Crippen LogP) is 5.81. The Bertz CT molecular complexity index is 378. The summed E-state index contributed by atoms with van der Waals surface area (Å²) in [6, 6.07) is 0. The third kappa shape index (κ3) is 4.20. The lowest BCUT2D eigenvalue weighted by Gasteiger charge is -2.42. The van der Waals surface area contributed by atoms with Crippen LogP contribution in [-0.2, 0) is 9.22 Å². The summed E-state index contributed by atoms with van der Waals surface area (Å²) in [5, 5.41) is 0.733. The lowest BCUT2D eigenvalue weighted by atomic mass is 10.2. The van der Waals surface area contributed by atoms with E-state index in [0.29, 0.717) is 36.1 Å². The van der Waals surface area contributed by atoms with Crippen molar-refractivity contribution in [1.82, 2.24) is 0 Å². The van der Waals surface area contributed by atoms with E-state index in [-0.39, 0.29) is 5.78 Å². The number of carbonyl (C=O) groups is 1. The molecule has 0 aromatic carbocycles. The molecule has 0 aromatic heterocycles. The zero-order chi connectivity index (χ0) is 16.2. The normalized spacial score (nSPS) is 19.2. The summed E-state index contributed by atoms with van der Waals surface area (Å²) in [5.41, 5.74) is 2.59. The Kier molecular flexibility index (Phi) is 7.15. The van der Waals surface area contributed by atoms with Crippen LogP contribution in [0.15, 0.2) is 10.6 Å². The molecule has 4 heteroatoms. The molecule has 1 aliphatic carbocycles. The van der Waals surface area contributed by atoms with Crippen LogP contribution in [0.3, 0.4) is 0 Å². The Morgan fingerprint density at radius 1 is 1.10 bits per heavy atom. The summed E-state index contributed by atoms with van der Waals surface area (Å²) in [7, 11) is -1.82. The van der Waals surface area contributed by atoms with Crippen LogP contribution in [0.1, 0.15) is 67.2 Å². The summed E-state index contributed by atoms with van der Waals surface area (Å²) in [4.78, 5) is 11.7. The van der Waals surface area contributed by atoms with Crippen molar-refractivity contribution in [2.75, 3.05) is 6.61 Å². The number of rotatable bonds is 7. The fourth-order valence-electron chi connectivity index (χ4n) is 3.97. The van der Waals surface area contributed by atoms with Crippen LogP contribution in [0, 0.1) is 0 Å². The molecule has 2 nitrogen and oxygen atoms in total. The molecule has 1 aliphatic rings. The zero-order valence-corrected chi connectivity index (χ0v) is 16.2. The van der Waals surface area contributed by atoms with Crippen LogP contribution in [0.5, 0.6) is 0 Å². The summed E-state index contributed by atoms with van der Waals surface area (Å²) >= 11 is 6.34. The minimum Gasteiger partial charge on any atom is -0.416 e. The van der Waals surface area contributed by atoms with Gasteiger partial charge in [-0.25, -0.2) is 0 Å². The number of hydrogen-bond acceptors (Lipinski definition) is 2. The van der Waals surface area contributed by atoms with Crippen LogP contribution in [-0.4, -0.2) is 20.7 Å². The average Bonchev–Trinajstić information content (AvgIpc) is 2.79. The first-order valence-corrected chi connectivity index (χ1v) is 10.8. The van der Waals surface area contributed by atoms with Gasteiger partial charge < -0.3 is 4.43 Å². The second-order valence-electron chi connectivity index (χ2n) is 7.08. The van der Waals surface area contributed by atoms with E-state index in [0.717, 1.165) is 23.4 Å². The molecule has 1 fully saturated rings. The molecule has 122 valence electrons. The van der Waals surface area contributed by atoms with Gasteiger partial charge in [0.05, 0.1) is 0 Å². The van der Waals surface area contributed by atoms with Crippen LogP contribution < -0.4 is 0 Å². The van der Waals surface area contributed by atoms with Gasteiger partial charge in [-0.3, -0.25) is 4.79 Å². The third-order valence-corrected chi connectivity index (χ3v) is 11.4. The maximum absolute atomic E-state index is 11.7. The van der Waals surface area contributed by atoms with E-state index in [1.54, 1.807) is 0 Å². The van der Waals surface area contributed by atoms with Crippen molar-refractivity contribution in [2.45, 2.75) is 83.8 Å². The Morgan fingerprint density at radius 2 is 1.62 bits per heavy atom. The smallest absolute Gasteiger partial charge is 0.200 e. The van der Waals surface area contributed by atoms with E-state index in [2.05, 4.69) is 41.5 Å². The van der Waals surface area contributed by atoms with Gasteiger partial charge >= 0.3 is 0 Å².